The first-order valence-electron chi connectivity index (χ1n) is 7.53. The van der Waals surface area contributed by atoms with Gasteiger partial charge in [0, 0.05) is 31.4 Å². The number of benzene rings is 1. The van der Waals surface area contributed by atoms with E-state index in [1.165, 1.54) is 0 Å². The van der Waals surface area contributed by atoms with E-state index in [1.807, 2.05) is 41.9 Å². The third-order valence-electron chi connectivity index (χ3n) is 3.88. The summed E-state index contributed by atoms with van der Waals surface area (Å²) in [5, 5.41) is 3.77. The summed E-state index contributed by atoms with van der Waals surface area (Å²) in [5.74, 6) is 1.16. The predicted molar refractivity (Wildman–Crippen MR) is 91.4 cm³/mol. The molecule has 0 bridgehead atoms. The van der Waals surface area contributed by atoms with Gasteiger partial charge in [-0.3, -0.25) is 4.79 Å². The predicted octanol–water partition coefficient (Wildman–Crippen LogP) is 2.52. The number of amides is 1. The van der Waals surface area contributed by atoms with Gasteiger partial charge in [-0.2, -0.15) is 0 Å². The SMILES string of the molecule is COc1ccc(CNC(=O)c2cn(C)c3ncccc23)cc1OC. The maximum Gasteiger partial charge on any atom is 0.253 e. The second-order valence-corrected chi connectivity index (χ2v) is 5.40. The summed E-state index contributed by atoms with van der Waals surface area (Å²) in [6.07, 6.45) is 3.51. The van der Waals surface area contributed by atoms with E-state index in [2.05, 4.69) is 10.3 Å². The monoisotopic (exact) mass is 325 g/mol. The fraction of sp³-hybridized carbons (Fsp3) is 0.222. The quantitative estimate of drug-likeness (QED) is 0.783. The van der Waals surface area contributed by atoms with E-state index in [4.69, 9.17) is 9.47 Å². The van der Waals surface area contributed by atoms with Gasteiger partial charge in [-0.15, -0.1) is 0 Å². The number of aryl methyl sites for hydroxylation is 1. The van der Waals surface area contributed by atoms with Crippen molar-refractivity contribution in [2.75, 3.05) is 14.2 Å². The molecule has 0 saturated heterocycles. The molecule has 24 heavy (non-hydrogen) atoms. The third kappa shape index (κ3) is 2.90. The fourth-order valence-corrected chi connectivity index (χ4v) is 2.66. The molecule has 6 heteroatoms. The average Bonchev–Trinajstić information content (AvgIpc) is 2.96. The van der Waals surface area contributed by atoms with E-state index in [0.717, 1.165) is 16.6 Å². The van der Waals surface area contributed by atoms with Crippen molar-refractivity contribution in [2.24, 2.45) is 7.05 Å². The molecule has 0 aliphatic heterocycles. The normalized spacial score (nSPS) is 10.6. The molecular formula is C18H19N3O3. The maximum atomic E-state index is 12.5. The minimum atomic E-state index is -0.136. The smallest absolute Gasteiger partial charge is 0.253 e. The molecule has 1 N–H and O–H groups in total. The van der Waals surface area contributed by atoms with Gasteiger partial charge in [-0.05, 0) is 29.8 Å². The summed E-state index contributed by atoms with van der Waals surface area (Å²) in [4.78, 5) is 16.8. The number of nitrogens with one attached hydrogen (secondary N) is 1. The lowest BCUT2D eigenvalue weighted by atomic mass is 10.1. The minimum absolute atomic E-state index is 0.136. The Bertz CT molecular complexity index is 886. The van der Waals surface area contributed by atoms with Crippen LogP contribution in [0.25, 0.3) is 11.0 Å². The van der Waals surface area contributed by atoms with Gasteiger partial charge < -0.3 is 19.4 Å². The van der Waals surface area contributed by atoms with E-state index in [0.29, 0.717) is 23.6 Å². The molecule has 2 heterocycles. The molecular weight excluding hydrogens is 306 g/mol. The summed E-state index contributed by atoms with van der Waals surface area (Å²) in [6.45, 7) is 0.399. The molecule has 0 radical (unpaired) electrons. The van der Waals surface area contributed by atoms with Crippen molar-refractivity contribution in [2.45, 2.75) is 6.54 Å². The number of methoxy groups -OCH3 is 2. The standard InChI is InChI=1S/C18H19N3O3/c1-21-11-14(13-5-4-8-19-17(13)21)18(22)20-10-12-6-7-15(23-2)16(9-12)24-3/h4-9,11H,10H2,1-3H3,(H,20,22). The molecule has 3 aromatic rings. The second kappa shape index (κ2) is 6.62. The first-order valence-corrected chi connectivity index (χ1v) is 7.53. The molecule has 0 spiro atoms. The second-order valence-electron chi connectivity index (χ2n) is 5.40. The van der Waals surface area contributed by atoms with Crippen molar-refractivity contribution in [3.8, 4) is 11.5 Å². The number of aromatic nitrogens is 2. The highest BCUT2D eigenvalue weighted by Gasteiger charge is 2.14. The molecule has 0 atom stereocenters. The van der Waals surface area contributed by atoms with Gasteiger partial charge in [0.15, 0.2) is 11.5 Å². The van der Waals surface area contributed by atoms with Crippen molar-refractivity contribution in [1.29, 1.82) is 0 Å². The van der Waals surface area contributed by atoms with Crippen LogP contribution in [-0.4, -0.2) is 29.7 Å². The van der Waals surface area contributed by atoms with Gasteiger partial charge in [0.25, 0.3) is 5.91 Å². The van der Waals surface area contributed by atoms with Crippen molar-refractivity contribution in [3.05, 3.63) is 53.9 Å². The summed E-state index contributed by atoms with van der Waals surface area (Å²) in [6, 6.07) is 9.29. The molecule has 0 fully saturated rings. The Morgan fingerprint density at radius 2 is 2.00 bits per heavy atom. The summed E-state index contributed by atoms with van der Waals surface area (Å²) in [7, 11) is 5.05. The van der Waals surface area contributed by atoms with Crippen molar-refractivity contribution in [3.63, 3.8) is 0 Å². The highest BCUT2D eigenvalue weighted by atomic mass is 16.5. The Balaban J connectivity index is 1.78. The number of ether oxygens (including phenoxy) is 2. The van der Waals surface area contributed by atoms with Crippen LogP contribution in [0.15, 0.2) is 42.7 Å². The first-order chi connectivity index (χ1) is 11.6. The van der Waals surface area contributed by atoms with Crippen LogP contribution in [0.2, 0.25) is 0 Å². The molecule has 3 rings (SSSR count). The Morgan fingerprint density at radius 3 is 2.75 bits per heavy atom. The molecule has 6 nitrogen and oxygen atoms in total. The van der Waals surface area contributed by atoms with E-state index in [-0.39, 0.29) is 5.91 Å². The Labute approximate surface area is 140 Å². The number of carbonyl (C=O) groups excluding carboxylic acids is 1. The lowest BCUT2D eigenvalue weighted by Crippen LogP contribution is -2.22. The summed E-state index contributed by atoms with van der Waals surface area (Å²) < 4.78 is 12.3. The third-order valence-corrected chi connectivity index (χ3v) is 3.88. The van der Waals surface area contributed by atoms with Gasteiger partial charge in [-0.1, -0.05) is 6.07 Å². The van der Waals surface area contributed by atoms with Crippen LogP contribution < -0.4 is 14.8 Å². The van der Waals surface area contributed by atoms with Crippen LogP contribution in [0.1, 0.15) is 15.9 Å². The summed E-state index contributed by atoms with van der Waals surface area (Å²) in [5.41, 5.74) is 2.33. The highest BCUT2D eigenvalue weighted by molar-refractivity contribution is 6.06. The van der Waals surface area contributed by atoms with Gasteiger partial charge in [-0.25, -0.2) is 4.98 Å². The van der Waals surface area contributed by atoms with E-state index in [1.54, 1.807) is 26.6 Å². The van der Waals surface area contributed by atoms with Crippen molar-refractivity contribution < 1.29 is 14.3 Å². The molecule has 2 aromatic heterocycles. The number of nitrogens with zero attached hydrogens (tertiary/aromatic N) is 2. The van der Waals surface area contributed by atoms with Crippen LogP contribution in [0.4, 0.5) is 0 Å². The fourth-order valence-electron chi connectivity index (χ4n) is 2.66. The first kappa shape index (κ1) is 15.9. The van der Waals surface area contributed by atoms with Crippen LogP contribution in [0, 0.1) is 0 Å². The van der Waals surface area contributed by atoms with Crippen LogP contribution in [-0.2, 0) is 13.6 Å². The van der Waals surface area contributed by atoms with E-state index < -0.39 is 0 Å². The zero-order chi connectivity index (χ0) is 17.1. The van der Waals surface area contributed by atoms with E-state index in [9.17, 15) is 4.79 Å². The number of hydrogen-bond donors (Lipinski definition) is 1. The lowest BCUT2D eigenvalue weighted by Gasteiger charge is -2.10. The van der Waals surface area contributed by atoms with Gasteiger partial charge in [0.05, 0.1) is 19.8 Å². The molecule has 1 aromatic carbocycles. The van der Waals surface area contributed by atoms with Crippen molar-refractivity contribution >= 4 is 16.9 Å². The van der Waals surface area contributed by atoms with Crippen LogP contribution >= 0.6 is 0 Å². The zero-order valence-electron chi connectivity index (χ0n) is 13.9. The van der Waals surface area contributed by atoms with Crippen LogP contribution in [0.3, 0.4) is 0 Å². The number of carbonyl (C=O) groups is 1. The average molecular weight is 325 g/mol. The topological polar surface area (TPSA) is 65.4 Å². The molecule has 0 unspecified atom stereocenters. The molecule has 0 saturated carbocycles. The highest BCUT2D eigenvalue weighted by Crippen LogP contribution is 2.27. The van der Waals surface area contributed by atoms with E-state index >= 15 is 0 Å². The number of hydrogen-bond acceptors (Lipinski definition) is 4. The lowest BCUT2D eigenvalue weighted by molar-refractivity contribution is 0.0952. The molecule has 124 valence electrons. The number of rotatable bonds is 5. The largest absolute Gasteiger partial charge is 0.493 e. The molecule has 1 amide bonds. The molecule has 0 aliphatic carbocycles. The van der Waals surface area contributed by atoms with Gasteiger partial charge in [0.1, 0.15) is 5.65 Å². The summed E-state index contributed by atoms with van der Waals surface area (Å²) >= 11 is 0. The zero-order valence-corrected chi connectivity index (χ0v) is 13.9. The Morgan fingerprint density at radius 1 is 1.21 bits per heavy atom. The van der Waals surface area contributed by atoms with Crippen LogP contribution in [0.5, 0.6) is 11.5 Å². The number of fused-ring (bicyclic) bond motifs is 1. The Kier molecular flexibility index (Phi) is 4.37. The maximum absolute atomic E-state index is 12.5. The van der Waals surface area contributed by atoms with Gasteiger partial charge >= 0.3 is 0 Å². The Hall–Kier alpha value is -3.02. The minimum Gasteiger partial charge on any atom is -0.493 e. The number of pyridine rings is 1. The van der Waals surface area contributed by atoms with Crippen molar-refractivity contribution in [1.82, 2.24) is 14.9 Å². The molecule has 0 aliphatic rings. The van der Waals surface area contributed by atoms with Gasteiger partial charge in [0.2, 0.25) is 0 Å².